The first-order chi connectivity index (χ1) is 12.8. The Morgan fingerprint density at radius 2 is 1.93 bits per heavy atom. The third-order valence-corrected chi connectivity index (χ3v) is 6.99. The van der Waals surface area contributed by atoms with Crippen molar-refractivity contribution in [1.29, 1.82) is 0 Å². The molecule has 1 heterocycles. The number of carboxylic acid groups (broad SMARTS) is 1. The van der Waals surface area contributed by atoms with Crippen LogP contribution in [0, 0.1) is 5.92 Å². The lowest BCUT2D eigenvalue weighted by Gasteiger charge is -2.32. The van der Waals surface area contributed by atoms with Crippen LogP contribution in [-0.4, -0.2) is 48.8 Å². The van der Waals surface area contributed by atoms with E-state index in [1.165, 1.54) is 28.6 Å². The number of carboxylic acids is 1. The molecule has 1 aliphatic heterocycles. The first kappa shape index (κ1) is 21.4. The van der Waals surface area contributed by atoms with Crippen LogP contribution in [0.2, 0.25) is 0 Å². The van der Waals surface area contributed by atoms with E-state index >= 15 is 0 Å². The Balaban J connectivity index is 2.05. The molecule has 1 aliphatic rings. The lowest BCUT2D eigenvalue weighted by Crippen LogP contribution is -2.41. The molecule has 1 aromatic rings. The van der Waals surface area contributed by atoms with Crippen LogP contribution in [0.5, 0.6) is 0 Å². The summed E-state index contributed by atoms with van der Waals surface area (Å²) in [4.78, 5) is 23.5. The molecule has 0 spiro atoms. The number of aliphatic carboxylic acids is 1. The molecule has 2 atom stereocenters. The van der Waals surface area contributed by atoms with Gasteiger partial charge in [-0.25, -0.2) is 8.42 Å². The van der Waals surface area contributed by atoms with Gasteiger partial charge in [0.05, 0.1) is 10.8 Å². The molecule has 27 heavy (non-hydrogen) atoms. The summed E-state index contributed by atoms with van der Waals surface area (Å²) in [5, 5.41) is 11.8. The van der Waals surface area contributed by atoms with Crippen LogP contribution in [0.15, 0.2) is 29.2 Å². The number of piperidine rings is 1. The molecule has 0 radical (unpaired) electrons. The summed E-state index contributed by atoms with van der Waals surface area (Å²) in [6.45, 7) is 4.36. The Labute approximate surface area is 160 Å². The van der Waals surface area contributed by atoms with Crippen molar-refractivity contribution in [3.05, 3.63) is 29.8 Å². The molecule has 0 aromatic heterocycles. The molecule has 7 nitrogen and oxygen atoms in total. The van der Waals surface area contributed by atoms with Crippen LogP contribution in [-0.2, 0) is 14.8 Å². The van der Waals surface area contributed by atoms with Crippen molar-refractivity contribution in [3.8, 4) is 0 Å². The molecule has 0 aliphatic carbocycles. The third-order valence-electron chi connectivity index (χ3n) is 4.96. The smallest absolute Gasteiger partial charge is 0.308 e. The number of hydrogen-bond acceptors (Lipinski definition) is 4. The van der Waals surface area contributed by atoms with Gasteiger partial charge in [-0.15, -0.1) is 0 Å². The molecule has 1 saturated heterocycles. The Bertz CT molecular complexity index is 761. The molecule has 150 valence electrons. The summed E-state index contributed by atoms with van der Waals surface area (Å²) < 4.78 is 27.1. The van der Waals surface area contributed by atoms with Crippen molar-refractivity contribution in [2.24, 2.45) is 5.92 Å². The van der Waals surface area contributed by atoms with E-state index in [1.807, 2.05) is 13.8 Å². The molecule has 1 amide bonds. The van der Waals surface area contributed by atoms with E-state index in [0.29, 0.717) is 24.9 Å². The van der Waals surface area contributed by atoms with Crippen LogP contribution in [0.4, 0.5) is 0 Å². The molecule has 2 rings (SSSR count). The largest absolute Gasteiger partial charge is 0.481 e. The van der Waals surface area contributed by atoms with E-state index < -0.39 is 27.8 Å². The first-order valence-corrected chi connectivity index (χ1v) is 10.8. The Kier molecular flexibility index (Phi) is 7.38. The van der Waals surface area contributed by atoms with E-state index in [0.717, 1.165) is 19.3 Å². The van der Waals surface area contributed by atoms with Gasteiger partial charge in [-0.2, -0.15) is 4.31 Å². The fourth-order valence-electron chi connectivity index (χ4n) is 3.32. The van der Waals surface area contributed by atoms with Crippen LogP contribution >= 0.6 is 0 Å². The fraction of sp³-hybridized carbons (Fsp3) is 0.579. The van der Waals surface area contributed by atoms with Gasteiger partial charge in [-0.3, -0.25) is 9.59 Å². The van der Waals surface area contributed by atoms with Crippen LogP contribution in [0.3, 0.4) is 0 Å². The Morgan fingerprint density at radius 1 is 1.26 bits per heavy atom. The maximum absolute atomic E-state index is 12.8. The fourth-order valence-corrected chi connectivity index (χ4v) is 5.02. The molecule has 8 heteroatoms. The lowest BCUT2D eigenvalue weighted by atomic mass is 10.0. The second-order valence-electron chi connectivity index (χ2n) is 7.02. The quantitative estimate of drug-likeness (QED) is 0.702. The summed E-state index contributed by atoms with van der Waals surface area (Å²) in [5.41, 5.74) is 0.307. The molecular weight excluding hydrogens is 368 g/mol. The zero-order valence-electron chi connectivity index (χ0n) is 15.8. The molecule has 2 unspecified atom stereocenters. The minimum absolute atomic E-state index is 0.0294. The van der Waals surface area contributed by atoms with E-state index in [2.05, 4.69) is 5.32 Å². The normalized spacial score (nSPS) is 19.4. The summed E-state index contributed by atoms with van der Waals surface area (Å²) in [6.07, 6.45) is 3.94. The summed E-state index contributed by atoms with van der Waals surface area (Å²) in [5.74, 6) is -1.97. The SMILES string of the molecule is CCCC(CNC(=O)c1ccc(S(=O)(=O)N2CCCCC2C)cc1)C(=O)O. The van der Waals surface area contributed by atoms with Crippen molar-refractivity contribution in [2.45, 2.75) is 56.9 Å². The molecule has 2 N–H and O–H groups in total. The van der Waals surface area contributed by atoms with Crippen molar-refractivity contribution in [2.75, 3.05) is 13.1 Å². The van der Waals surface area contributed by atoms with Crippen molar-refractivity contribution in [1.82, 2.24) is 9.62 Å². The summed E-state index contributed by atoms with van der Waals surface area (Å²) in [6, 6.07) is 5.77. The number of amides is 1. The topological polar surface area (TPSA) is 104 Å². The second-order valence-corrected chi connectivity index (χ2v) is 8.91. The van der Waals surface area contributed by atoms with Crippen molar-refractivity contribution < 1.29 is 23.1 Å². The predicted molar refractivity (Wildman–Crippen MR) is 102 cm³/mol. The van der Waals surface area contributed by atoms with E-state index in [4.69, 9.17) is 5.11 Å². The van der Waals surface area contributed by atoms with E-state index in [9.17, 15) is 18.0 Å². The lowest BCUT2D eigenvalue weighted by molar-refractivity contribution is -0.141. The number of carbonyl (C=O) groups excluding carboxylic acids is 1. The first-order valence-electron chi connectivity index (χ1n) is 9.40. The number of sulfonamides is 1. The average Bonchev–Trinajstić information content (AvgIpc) is 2.65. The van der Waals surface area contributed by atoms with E-state index in [-0.39, 0.29) is 17.5 Å². The highest BCUT2D eigenvalue weighted by Gasteiger charge is 2.31. The zero-order valence-corrected chi connectivity index (χ0v) is 16.7. The minimum Gasteiger partial charge on any atom is -0.481 e. The van der Waals surface area contributed by atoms with Crippen LogP contribution in [0.25, 0.3) is 0 Å². The van der Waals surface area contributed by atoms with Crippen LogP contribution in [0.1, 0.15) is 56.3 Å². The highest BCUT2D eigenvalue weighted by atomic mass is 32.2. The summed E-state index contributed by atoms with van der Waals surface area (Å²) in [7, 11) is -3.57. The van der Waals surface area contributed by atoms with Gasteiger partial charge in [0.2, 0.25) is 10.0 Å². The third kappa shape index (κ3) is 5.29. The predicted octanol–water partition coefficient (Wildman–Crippen LogP) is 2.48. The molecular formula is C19H28N2O5S. The second kappa shape index (κ2) is 9.32. The monoisotopic (exact) mass is 396 g/mol. The van der Waals surface area contributed by atoms with Crippen molar-refractivity contribution >= 4 is 21.9 Å². The van der Waals surface area contributed by atoms with Gasteiger partial charge < -0.3 is 10.4 Å². The van der Waals surface area contributed by atoms with Gasteiger partial charge in [0.25, 0.3) is 5.91 Å². The highest BCUT2D eigenvalue weighted by Crippen LogP contribution is 2.25. The molecule has 0 saturated carbocycles. The Morgan fingerprint density at radius 3 is 2.48 bits per heavy atom. The number of rotatable bonds is 8. The number of carbonyl (C=O) groups is 2. The van der Waals surface area contributed by atoms with Crippen molar-refractivity contribution in [3.63, 3.8) is 0 Å². The van der Waals surface area contributed by atoms with Gasteiger partial charge in [-0.1, -0.05) is 19.8 Å². The molecule has 1 fully saturated rings. The summed E-state index contributed by atoms with van der Waals surface area (Å²) >= 11 is 0. The number of nitrogens with zero attached hydrogens (tertiary/aromatic N) is 1. The Hall–Kier alpha value is -1.93. The van der Waals surface area contributed by atoms with Gasteiger partial charge in [0.1, 0.15) is 0 Å². The van der Waals surface area contributed by atoms with Gasteiger partial charge in [0, 0.05) is 24.7 Å². The number of hydrogen-bond donors (Lipinski definition) is 2. The highest BCUT2D eigenvalue weighted by molar-refractivity contribution is 7.89. The van der Waals surface area contributed by atoms with E-state index in [1.54, 1.807) is 0 Å². The molecule has 1 aromatic carbocycles. The standard InChI is InChI=1S/C19H28N2O5S/c1-3-6-16(19(23)24)13-20-18(22)15-8-10-17(11-9-15)27(25,26)21-12-5-4-7-14(21)2/h8-11,14,16H,3-7,12-13H2,1-2H3,(H,20,22)(H,23,24). The zero-order chi connectivity index (χ0) is 20.0. The molecule has 0 bridgehead atoms. The van der Waals surface area contributed by atoms with Gasteiger partial charge in [0.15, 0.2) is 0 Å². The van der Waals surface area contributed by atoms with Crippen LogP contribution < -0.4 is 5.32 Å². The maximum Gasteiger partial charge on any atom is 0.308 e. The number of benzene rings is 1. The van der Waals surface area contributed by atoms with Gasteiger partial charge in [-0.05, 0) is 50.5 Å². The minimum atomic E-state index is -3.57. The average molecular weight is 397 g/mol. The van der Waals surface area contributed by atoms with Gasteiger partial charge >= 0.3 is 5.97 Å². The maximum atomic E-state index is 12.8. The number of nitrogens with one attached hydrogen (secondary N) is 1.